The zero-order valence-electron chi connectivity index (χ0n) is 17.7. The Morgan fingerprint density at radius 2 is 1.87 bits per heavy atom. The third kappa shape index (κ3) is 4.19. The van der Waals surface area contributed by atoms with E-state index in [1.807, 2.05) is 11.3 Å². The highest BCUT2D eigenvalue weighted by molar-refractivity contribution is 7.21. The molecule has 1 aromatic rings. The summed E-state index contributed by atoms with van der Waals surface area (Å²) in [7, 11) is 0. The van der Waals surface area contributed by atoms with E-state index in [1.165, 1.54) is 38.2 Å². The molecule has 160 valence electrons. The van der Waals surface area contributed by atoms with Gasteiger partial charge in [-0.25, -0.2) is 9.56 Å². The van der Waals surface area contributed by atoms with Crippen LogP contribution in [-0.4, -0.2) is 57.5 Å². The third-order valence-electron chi connectivity index (χ3n) is 6.03. The average Bonchev–Trinajstić information content (AvgIpc) is 3.03. The predicted molar refractivity (Wildman–Crippen MR) is 121 cm³/mol. The molecule has 0 aromatic heterocycles. The number of aryl methyl sites for hydroxylation is 2. The monoisotopic (exact) mass is 444 g/mol. The number of anilines is 1. The second-order valence-electron chi connectivity index (χ2n) is 8.12. The molecule has 0 unspecified atom stereocenters. The van der Waals surface area contributed by atoms with E-state index in [-0.39, 0.29) is 12.4 Å². The summed E-state index contributed by atoms with van der Waals surface area (Å²) in [6.45, 7) is 12.3. The molecule has 5 rings (SSSR count). The van der Waals surface area contributed by atoms with Gasteiger partial charge in [0.2, 0.25) is 5.36 Å². The Labute approximate surface area is 188 Å². The number of hydrogen-bond acceptors (Lipinski definition) is 5. The van der Waals surface area contributed by atoms with Crippen molar-refractivity contribution in [2.75, 3.05) is 57.4 Å². The Morgan fingerprint density at radius 3 is 2.70 bits per heavy atom. The van der Waals surface area contributed by atoms with Crippen LogP contribution in [0.25, 0.3) is 20.8 Å². The van der Waals surface area contributed by atoms with Crippen molar-refractivity contribution in [3.63, 3.8) is 0 Å². The van der Waals surface area contributed by atoms with Gasteiger partial charge >= 0.3 is 0 Å². The molecular weight excluding hydrogens is 416 g/mol. The first-order chi connectivity index (χ1) is 14.2. The Morgan fingerprint density at radius 1 is 1.03 bits per heavy atom. The molecule has 2 fully saturated rings. The van der Waals surface area contributed by atoms with Gasteiger partial charge in [0.1, 0.15) is 6.54 Å². The van der Waals surface area contributed by atoms with Crippen LogP contribution in [0.4, 0.5) is 5.69 Å². The van der Waals surface area contributed by atoms with Crippen molar-refractivity contribution in [3.05, 3.63) is 40.7 Å². The third-order valence-corrected chi connectivity index (χ3v) is 7.09. The number of nitrogens with one attached hydrogen (secondary N) is 1. The molecule has 7 heteroatoms. The van der Waals surface area contributed by atoms with E-state index in [9.17, 15) is 0 Å². The molecule has 0 saturated carbocycles. The number of aromatic nitrogens is 1. The van der Waals surface area contributed by atoms with Gasteiger partial charge in [-0.1, -0.05) is 0 Å². The number of ether oxygens (including phenoxy) is 1. The maximum absolute atomic E-state index is 5.53. The van der Waals surface area contributed by atoms with Crippen LogP contribution < -0.4 is 32.6 Å². The summed E-state index contributed by atoms with van der Waals surface area (Å²) < 4.78 is 9.31. The minimum Gasteiger partial charge on any atom is -1.00 e. The summed E-state index contributed by atoms with van der Waals surface area (Å²) in [5.41, 5.74) is 6.09. The smallest absolute Gasteiger partial charge is 0.201 e. The predicted octanol–water partition coefficient (Wildman–Crippen LogP) is -0.376. The second kappa shape index (κ2) is 9.18. The maximum atomic E-state index is 5.53. The largest absolute Gasteiger partial charge is 1.00 e. The van der Waals surface area contributed by atoms with E-state index in [4.69, 9.17) is 9.72 Å². The Balaban J connectivity index is 0.00000218. The summed E-state index contributed by atoms with van der Waals surface area (Å²) in [5.74, 6) is 0. The van der Waals surface area contributed by atoms with Crippen molar-refractivity contribution in [3.8, 4) is 10.6 Å². The topological polar surface area (TPSA) is 40.4 Å². The van der Waals surface area contributed by atoms with E-state index in [0.29, 0.717) is 0 Å². The van der Waals surface area contributed by atoms with Crippen LogP contribution in [0.2, 0.25) is 0 Å². The van der Waals surface area contributed by atoms with Gasteiger partial charge in [0.05, 0.1) is 40.5 Å². The van der Waals surface area contributed by atoms with Crippen molar-refractivity contribution in [1.82, 2.24) is 14.9 Å². The Kier molecular flexibility index (Phi) is 6.58. The van der Waals surface area contributed by atoms with Gasteiger partial charge < -0.3 is 27.4 Å². The van der Waals surface area contributed by atoms with Crippen LogP contribution in [0, 0.1) is 13.8 Å². The molecule has 3 aliphatic heterocycles. The van der Waals surface area contributed by atoms with Gasteiger partial charge in [-0.2, -0.15) is 0 Å². The lowest BCUT2D eigenvalue weighted by Crippen LogP contribution is -3.00. The Hall–Kier alpha value is -1.73. The van der Waals surface area contributed by atoms with Crippen LogP contribution in [0.15, 0.2) is 24.3 Å². The molecule has 0 atom stereocenters. The van der Waals surface area contributed by atoms with E-state index < -0.39 is 0 Å². The molecule has 0 spiro atoms. The first kappa shape index (κ1) is 21.5. The van der Waals surface area contributed by atoms with Crippen LogP contribution >= 0.6 is 11.3 Å². The van der Waals surface area contributed by atoms with Crippen molar-refractivity contribution >= 4 is 27.2 Å². The standard InChI is InChI=1S/C23H29N4OS.ClH/c1-16-12-18(26-6-3-4-24-5-7-26)14-20-22(16)25-23-17(2)13-19(15-21(23)29-20)27-8-10-28-11-9-27;/h12-15,24H,3-11H2,1-2H3;1H/q+1;/p-1. The van der Waals surface area contributed by atoms with Crippen LogP contribution in [0.1, 0.15) is 17.5 Å². The highest BCUT2D eigenvalue weighted by Gasteiger charge is 2.18. The van der Waals surface area contributed by atoms with Gasteiger partial charge in [-0.3, -0.25) is 0 Å². The second-order valence-corrected chi connectivity index (χ2v) is 9.21. The number of hydrogen-bond donors (Lipinski definition) is 1. The summed E-state index contributed by atoms with van der Waals surface area (Å²) in [4.78, 5) is 8.81. The number of morpholine rings is 1. The fraction of sp³-hybridized carbons (Fsp3) is 0.478. The van der Waals surface area contributed by atoms with Gasteiger partial charge in [-0.05, 0) is 37.1 Å². The zero-order valence-corrected chi connectivity index (χ0v) is 19.3. The molecule has 1 aliphatic carbocycles. The highest BCUT2D eigenvalue weighted by Crippen LogP contribution is 2.35. The summed E-state index contributed by atoms with van der Waals surface area (Å²) in [5, 5.41) is 4.83. The minimum atomic E-state index is 0. The van der Waals surface area contributed by atoms with E-state index in [0.717, 1.165) is 63.7 Å². The van der Waals surface area contributed by atoms with Crippen molar-refractivity contribution < 1.29 is 17.1 Å². The van der Waals surface area contributed by atoms with E-state index >= 15 is 0 Å². The number of benzene rings is 2. The summed E-state index contributed by atoms with van der Waals surface area (Å²) in [6, 6.07) is 9.27. The van der Waals surface area contributed by atoms with Crippen LogP contribution in [-0.2, 0) is 4.74 Å². The van der Waals surface area contributed by atoms with Gasteiger partial charge in [0.25, 0.3) is 0 Å². The highest BCUT2D eigenvalue weighted by atomic mass is 35.5. The quantitative estimate of drug-likeness (QED) is 0.410. The molecule has 0 bridgehead atoms. The van der Waals surface area contributed by atoms with E-state index in [1.54, 1.807) is 0 Å². The fourth-order valence-corrected chi connectivity index (χ4v) is 5.62. The average molecular weight is 445 g/mol. The minimum absolute atomic E-state index is 0. The normalized spacial score (nSPS) is 19.6. The SMILES string of the molecule is Cc1cc(=[N+]2CCCNCC2)cc2sc3cc(N4CCOCC4)cc(C)c3nc1-2.[Cl-]. The lowest BCUT2D eigenvalue weighted by Gasteiger charge is -2.29. The molecule has 5 nitrogen and oxygen atoms in total. The van der Waals surface area contributed by atoms with Crippen molar-refractivity contribution in [2.45, 2.75) is 20.3 Å². The molecule has 1 aromatic carbocycles. The number of rotatable bonds is 1. The van der Waals surface area contributed by atoms with Crippen molar-refractivity contribution in [1.29, 1.82) is 0 Å². The van der Waals surface area contributed by atoms with Crippen LogP contribution in [0.3, 0.4) is 0 Å². The zero-order chi connectivity index (χ0) is 19.8. The summed E-state index contributed by atoms with van der Waals surface area (Å²) in [6.07, 6.45) is 1.19. The molecular formula is C23H29ClN4OS. The van der Waals surface area contributed by atoms with Crippen LogP contribution in [0.5, 0.6) is 0 Å². The molecule has 0 amide bonds. The van der Waals surface area contributed by atoms with Crippen molar-refractivity contribution in [2.24, 2.45) is 0 Å². The molecule has 3 heterocycles. The first-order valence-electron chi connectivity index (χ1n) is 10.7. The Bertz CT molecular complexity index is 1080. The van der Waals surface area contributed by atoms with E-state index in [2.05, 4.69) is 52.9 Å². The number of nitrogens with zero attached hydrogens (tertiary/aromatic N) is 3. The van der Waals surface area contributed by atoms with Gasteiger partial charge in [-0.15, -0.1) is 11.3 Å². The van der Waals surface area contributed by atoms with Gasteiger partial charge in [0, 0.05) is 43.9 Å². The lowest BCUT2D eigenvalue weighted by atomic mass is 10.1. The molecule has 30 heavy (non-hydrogen) atoms. The fourth-order valence-electron chi connectivity index (χ4n) is 4.42. The lowest BCUT2D eigenvalue weighted by molar-refractivity contribution is -0.00000665. The maximum Gasteiger partial charge on any atom is 0.201 e. The molecule has 0 radical (unpaired) electrons. The molecule has 1 N–H and O–H groups in total. The first-order valence-corrected chi connectivity index (χ1v) is 11.5. The molecule has 4 aliphatic rings. The summed E-state index contributed by atoms with van der Waals surface area (Å²) >= 11 is 1.88. The molecule has 2 saturated heterocycles. The van der Waals surface area contributed by atoms with Gasteiger partial charge in [0.15, 0.2) is 6.54 Å². The number of fused-ring (bicyclic) bond motifs is 2. The number of halogens is 1.